The number of rotatable bonds is 7. The highest BCUT2D eigenvalue weighted by atomic mass is 16.4. The van der Waals surface area contributed by atoms with Crippen molar-refractivity contribution in [3.8, 4) is 11.3 Å². The zero-order valence-electron chi connectivity index (χ0n) is 21.4. The molecule has 12 heteroatoms. The van der Waals surface area contributed by atoms with Crippen LogP contribution in [0, 0.1) is 0 Å². The SMILES string of the molecule is CN(C)CCCNCc1cc2c(-c3ccccc3)nc3ccccc3n2c1.O=C(O)C(=O)O.O=C(O)C(=O)O. The van der Waals surface area contributed by atoms with Gasteiger partial charge in [-0.1, -0.05) is 42.5 Å². The van der Waals surface area contributed by atoms with E-state index in [1.165, 1.54) is 5.56 Å². The quantitative estimate of drug-likeness (QED) is 0.172. The minimum Gasteiger partial charge on any atom is -0.473 e. The van der Waals surface area contributed by atoms with E-state index in [1.807, 2.05) is 12.1 Å². The van der Waals surface area contributed by atoms with Crippen LogP contribution in [-0.2, 0) is 25.7 Å². The fraction of sp³-hybridized carbons (Fsp3) is 0.222. The molecular weight excluding hydrogens is 508 g/mol. The lowest BCUT2D eigenvalue weighted by Crippen LogP contribution is -2.20. The van der Waals surface area contributed by atoms with Crippen molar-refractivity contribution in [3.05, 3.63) is 72.4 Å². The van der Waals surface area contributed by atoms with Crippen LogP contribution in [0.4, 0.5) is 0 Å². The summed E-state index contributed by atoms with van der Waals surface area (Å²) >= 11 is 0. The zero-order valence-corrected chi connectivity index (χ0v) is 21.4. The Morgan fingerprint density at radius 2 is 1.38 bits per heavy atom. The number of nitrogens with one attached hydrogen (secondary N) is 1. The van der Waals surface area contributed by atoms with Gasteiger partial charge in [-0.25, -0.2) is 24.2 Å². The predicted octanol–water partition coefficient (Wildman–Crippen LogP) is 2.51. The second-order valence-electron chi connectivity index (χ2n) is 8.47. The van der Waals surface area contributed by atoms with E-state index in [9.17, 15) is 0 Å². The van der Waals surface area contributed by atoms with Gasteiger partial charge in [0.05, 0.1) is 22.2 Å². The molecule has 0 bridgehead atoms. The van der Waals surface area contributed by atoms with E-state index in [0.717, 1.165) is 53.9 Å². The van der Waals surface area contributed by atoms with Crippen LogP contribution in [0.1, 0.15) is 12.0 Å². The Morgan fingerprint density at radius 3 is 1.95 bits per heavy atom. The van der Waals surface area contributed by atoms with Crippen LogP contribution in [-0.4, -0.2) is 85.8 Å². The average molecular weight is 539 g/mol. The Morgan fingerprint density at radius 1 is 0.821 bits per heavy atom. The van der Waals surface area contributed by atoms with Crippen LogP contribution in [0.5, 0.6) is 0 Å². The third-order valence-electron chi connectivity index (χ3n) is 5.19. The van der Waals surface area contributed by atoms with Gasteiger partial charge in [0, 0.05) is 18.3 Å². The topological polar surface area (TPSA) is 182 Å². The third-order valence-corrected chi connectivity index (χ3v) is 5.19. The largest absolute Gasteiger partial charge is 0.473 e. The van der Waals surface area contributed by atoms with Crippen molar-refractivity contribution >= 4 is 40.4 Å². The molecule has 0 saturated carbocycles. The number of hydrogen-bond acceptors (Lipinski definition) is 7. The number of aliphatic carboxylic acids is 4. The van der Waals surface area contributed by atoms with Crippen molar-refractivity contribution in [1.29, 1.82) is 0 Å². The summed E-state index contributed by atoms with van der Waals surface area (Å²) in [6.07, 6.45) is 3.39. The number of aromatic nitrogens is 2. The highest BCUT2D eigenvalue weighted by molar-refractivity contribution is 6.27. The molecule has 2 heterocycles. The van der Waals surface area contributed by atoms with Gasteiger partial charge in [-0.3, -0.25) is 0 Å². The minimum atomic E-state index is -1.82. The maximum Gasteiger partial charge on any atom is 0.414 e. The Hall–Kier alpha value is -4.81. The molecule has 0 unspecified atom stereocenters. The van der Waals surface area contributed by atoms with Crippen LogP contribution in [0.15, 0.2) is 66.9 Å². The highest BCUT2D eigenvalue weighted by Crippen LogP contribution is 2.28. The molecular formula is C27H30N4O8. The first-order valence-corrected chi connectivity index (χ1v) is 11.7. The van der Waals surface area contributed by atoms with Gasteiger partial charge < -0.3 is 35.0 Å². The zero-order chi connectivity index (χ0) is 28.9. The van der Waals surface area contributed by atoms with E-state index < -0.39 is 23.9 Å². The summed E-state index contributed by atoms with van der Waals surface area (Å²) in [5.41, 5.74) is 6.79. The molecule has 12 nitrogen and oxygen atoms in total. The fourth-order valence-corrected chi connectivity index (χ4v) is 3.50. The van der Waals surface area contributed by atoms with E-state index in [4.69, 9.17) is 44.6 Å². The van der Waals surface area contributed by atoms with Crippen molar-refractivity contribution < 1.29 is 39.6 Å². The van der Waals surface area contributed by atoms with Gasteiger partial charge in [0.1, 0.15) is 0 Å². The molecule has 0 aliphatic rings. The molecule has 4 rings (SSSR count). The van der Waals surface area contributed by atoms with Crippen molar-refractivity contribution in [1.82, 2.24) is 19.6 Å². The van der Waals surface area contributed by atoms with Crippen molar-refractivity contribution in [2.75, 3.05) is 27.2 Å². The second kappa shape index (κ2) is 14.8. The van der Waals surface area contributed by atoms with Crippen molar-refractivity contribution in [2.24, 2.45) is 0 Å². The highest BCUT2D eigenvalue weighted by Gasteiger charge is 2.12. The van der Waals surface area contributed by atoms with Gasteiger partial charge >= 0.3 is 23.9 Å². The van der Waals surface area contributed by atoms with E-state index in [2.05, 4.69) is 83.4 Å². The van der Waals surface area contributed by atoms with Crippen LogP contribution in [0.2, 0.25) is 0 Å². The number of hydrogen-bond donors (Lipinski definition) is 5. The molecule has 4 aromatic rings. The lowest BCUT2D eigenvalue weighted by atomic mass is 10.1. The summed E-state index contributed by atoms with van der Waals surface area (Å²) in [5, 5.41) is 33.1. The number of benzene rings is 2. The fourth-order valence-electron chi connectivity index (χ4n) is 3.50. The molecule has 39 heavy (non-hydrogen) atoms. The first-order chi connectivity index (χ1) is 18.5. The van der Waals surface area contributed by atoms with Crippen LogP contribution in [0.3, 0.4) is 0 Å². The third kappa shape index (κ3) is 9.54. The van der Waals surface area contributed by atoms with Crippen molar-refractivity contribution in [2.45, 2.75) is 13.0 Å². The van der Waals surface area contributed by atoms with E-state index in [-0.39, 0.29) is 0 Å². The molecule has 0 radical (unpaired) electrons. The monoisotopic (exact) mass is 538 g/mol. The molecule has 2 aromatic heterocycles. The summed E-state index contributed by atoms with van der Waals surface area (Å²) in [6.45, 7) is 3.00. The van der Waals surface area contributed by atoms with E-state index >= 15 is 0 Å². The number of nitrogens with zero attached hydrogens (tertiary/aromatic N) is 3. The summed E-state index contributed by atoms with van der Waals surface area (Å²) in [4.78, 5) is 43.6. The second-order valence-corrected chi connectivity index (χ2v) is 8.47. The number of carbonyl (C=O) groups is 4. The Bertz CT molecular complexity index is 1390. The normalized spacial score (nSPS) is 10.3. The standard InChI is InChI=1S/C23H26N4.2C2H2O4/c1-26(2)14-8-13-24-16-18-15-22-23(19-9-4-3-5-10-19)25-20-11-6-7-12-21(20)27(22)17-18;2*3-1(4)2(5)6/h3-7,9-12,15,17,24H,8,13-14,16H2,1-2H3;2*(H,3,4)(H,5,6). The number of carboxylic acid groups (broad SMARTS) is 4. The Balaban J connectivity index is 0.000000374. The molecule has 2 aromatic carbocycles. The van der Waals surface area contributed by atoms with Gasteiger partial charge in [0.25, 0.3) is 0 Å². The van der Waals surface area contributed by atoms with Crippen LogP contribution in [0.25, 0.3) is 27.8 Å². The van der Waals surface area contributed by atoms with Crippen molar-refractivity contribution in [3.63, 3.8) is 0 Å². The maximum absolute atomic E-state index is 9.10. The van der Waals surface area contributed by atoms with Crippen LogP contribution >= 0.6 is 0 Å². The molecule has 5 N–H and O–H groups in total. The first kappa shape index (κ1) is 30.4. The maximum atomic E-state index is 9.10. The lowest BCUT2D eigenvalue weighted by Gasteiger charge is -2.09. The molecule has 0 atom stereocenters. The number of para-hydroxylation sites is 2. The van der Waals surface area contributed by atoms with Crippen LogP contribution < -0.4 is 5.32 Å². The van der Waals surface area contributed by atoms with Gasteiger partial charge in [-0.05, 0) is 57.4 Å². The van der Waals surface area contributed by atoms with Gasteiger partial charge in [0.15, 0.2) is 0 Å². The van der Waals surface area contributed by atoms with Gasteiger partial charge in [0.2, 0.25) is 0 Å². The molecule has 0 amide bonds. The summed E-state index contributed by atoms with van der Waals surface area (Å²) < 4.78 is 2.28. The summed E-state index contributed by atoms with van der Waals surface area (Å²) in [7, 11) is 4.23. The molecule has 0 fully saturated rings. The average Bonchev–Trinajstić information content (AvgIpc) is 3.33. The smallest absolute Gasteiger partial charge is 0.414 e. The number of fused-ring (bicyclic) bond motifs is 3. The minimum absolute atomic E-state index is 0.873. The van der Waals surface area contributed by atoms with E-state index in [0.29, 0.717) is 0 Å². The lowest BCUT2D eigenvalue weighted by molar-refractivity contribution is -0.159. The molecule has 0 aliphatic heterocycles. The molecule has 206 valence electrons. The molecule has 0 spiro atoms. The molecule has 0 saturated heterocycles. The summed E-state index contributed by atoms with van der Waals surface area (Å²) in [6, 6.07) is 21.0. The number of carboxylic acids is 4. The predicted molar refractivity (Wildman–Crippen MR) is 144 cm³/mol. The first-order valence-electron chi connectivity index (χ1n) is 11.7. The van der Waals surface area contributed by atoms with Gasteiger partial charge in [-0.2, -0.15) is 0 Å². The Kier molecular flexibility index (Phi) is 11.5. The Labute approximate surface area is 223 Å². The van der Waals surface area contributed by atoms with E-state index in [1.54, 1.807) is 0 Å². The molecule has 0 aliphatic carbocycles. The summed E-state index contributed by atoms with van der Waals surface area (Å²) in [5.74, 6) is -7.30. The van der Waals surface area contributed by atoms with Gasteiger partial charge in [-0.15, -0.1) is 0 Å².